The first-order chi connectivity index (χ1) is 12.2. The van der Waals surface area contributed by atoms with Gasteiger partial charge in [-0.05, 0) is 36.0 Å². The predicted octanol–water partition coefficient (Wildman–Crippen LogP) is 4.01. The van der Waals surface area contributed by atoms with Crippen molar-refractivity contribution < 1.29 is 13.9 Å². The summed E-state index contributed by atoms with van der Waals surface area (Å²) in [6.45, 7) is 2.86. The Labute approximate surface area is 157 Å². The fraction of sp³-hybridized carbons (Fsp3) is 0.222. The number of rotatable bonds is 2. The molecule has 1 saturated heterocycles. The summed E-state index contributed by atoms with van der Waals surface area (Å²) in [5.41, 5.74) is 0.981. The molecule has 0 atom stereocenters. The first-order valence-corrected chi connectivity index (χ1v) is 9.51. The maximum Gasteiger partial charge on any atom is 0.286 e. The molecule has 1 aromatic heterocycles. The van der Waals surface area contributed by atoms with Crippen LogP contribution < -0.4 is 0 Å². The third kappa shape index (κ3) is 3.73. The molecule has 4 rings (SSSR count). The number of thioether (sulfide) groups is 1. The van der Waals surface area contributed by atoms with E-state index in [-0.39, 0.29) is 5.91 Å². The lowest BCUT2D eigenvalue weighted by Gasteiger charge is -2.27. The van der Waals surface area contributed by atoms with Crippen LogP contribution in [0.1, 0.15) is 5.76 Å². The van der Waals surface area contributed by atoms with Crippen molar-refractivity contribution in [3.8, 4) is 11.3 Å². The molecule has 0 unspecified atom stereocenters. The van der Waals surface area contributed by atoms with Gasteiger partial charge in [0.05, 0.1) is 18.1 Å². The molecule has 3 heterocycles. The monoisotopic (exact) mass is 418 g/mol. The van der Waals surface area contributed by atoms with Crippen LogP contribution in [0.4, 0.5) is 0 Å². The second-order valence-electron chi connectivity index (χ2n) is 5.62. The predicted molar refractivity (Wildman–Crippen MR) is 102 cm³/mol. The molecular formula is C18H15BrN2O3S. The molecule has 0 radical (unpaired) electrons. The van der Waals surface area contributed by atoms with E-state index in [1.54, 1.807) is 6.08 Å². The molecule has 0 spiro atoms. The molecule has 0 N–H and O–H groups in total. The van der Waals surface area contributed by atoms with Crippen molar-refractivity contribution in [1.29, 1.82) is 0 Å². The van der Waals surface area contributed by atoms with Gasteiger partial charge >= 0.3 is 0 Å². The van der Waals surface area contributed by atoms with Gasteiger partial charge in [0.1, 0.15) is 11.5 Å². The number of nitrogens with zero attached hydrogens (tertiary/aromatic N) is 2. The lowest BCUT2D eigenvalue weighted by Crippen LogP contribution is -2.38. The third-order valence-corrected chi connectivity index (χ3v) is 5.44. The number of carbonyl (C=O) groups is 1. The van der Waals surface area contributed by atoms with E-state index in [9.17, 15) is 4.79 Å². The zero-order chi connectivity index (χ0) is 17.2. The fourth-order valence-corrected chi connectivity index (χ4v) is 3.99. The van der Waals surface area contributed by atoms with Gasteiger partial charge in [0.25, 0.3) is 5.91 Å². The van der Waals surface area contributed by atoms with Crippen LogP contribution in [-0.4, -0.2) is 42.3 Å². The van der Waals surface area contributed by atoms with E-state index in [2.05, 4.69) is 25.8 Å². The van der Waals surface area contributed by atoms with Crippen LogP contribution >= 0.6 is 27.7 Å². The average Bonchev–Trinajstić information content (AvgIpc) is 3.24. The Morgan fingerprint density at radius 2 is 2.04 bits per heavy atom. The number of hydrogen-bond donors (Lipinski definition) is 0. The number of ether oxygens (including phenoxy) is 1. The highest BCUT2D eigenvalue weighted by molar-refractivity contribution is 9.10. The molecule has 1 aromatic carbocycles. The van der Waals surface area contributed by atoms with Crippen molar-refractivity contribution >= 4 is 44.8 Å². The maximum absolute atomic E-state index is 12.2. The summed E-state index contributed by atoms with van der Waals surface area (Å²) in [6.07, 6.45) is 1.76. The molecule has 1 fully saturated rings. The number of halogens is 1. The van der Waals surface area contributed by atoms with Crippen LogP contribution in [0, 0.1) is 0 Å². The van der Waals surface area contributed by atoms with Gasteiger partial charge in [-0.1, -0.05) is 28.1 Å². The summed E-state index contributed by atoms with van der Waals surface area (Å²) >= 11 is 4.85. The van der Waals surface area contributed by atoms with Gasteiger partial charge in [0.2, 0.25) is 0 Å². The summed E-state index contributed by atoms with van der Waals surface area (Å²) in [5, 5.41) is 0.748. The second-order valence-corrected chi connectivity index (χ2v) is 7.55. The number of morpholine rings is 1. The summed E-state index contributed by atoms with van der Waals surface area (Å²) < 4.78 is 12.2. The van der Waals surface area contributed by atoms with E-state index >= 15 is 0 Å². The largest absolute Gasteiger partial charge is 0.457 e. The normalized spacial score (nSPS) is 19.6. The van der Waals surface area contributed by atoms with E-state index in [1.807, 2.05) is 36.4 Å². The number of amidine groups is 1. The Balaban J connectivity index is 1.51. The van der Waals surface area contributed by atoms with Crippen LogP contribution in [0.5, 0.6) is 0 Å². The average molecular weight is 419 g/mol. The van der Waals surface area contributed by atoms with E-state index in [0.29, 0.717) is 23.9 Å². The first-order valence-electron chi connectivity index (χ1n) is 7.90. The molecule has 25 heavy (non-hydrogen) atoms. The van der Waals surface area contributed by atoms with Gasteiger partial charge in [-0.2, -0.15) is 4.99 Å². The SMILES string of the molecule is O=C1N=C(N2CCOCC2)S/C1=C/c1ccc(-c2cccc(Br)c2)o1. The number of benzene rings is 1. The van der Waals surface area contributed by atoms with E-state index in [0.717, 1.165) is 34.1 Å². The Bertz CT molecular complexity index is 869. The topological polar surface area (TPSA) is 55.0 Å². The molecule has 7 heteroatoms. The van der Waals surface area contributed by atoms with Crippen LogP contribution in [0.3, 0.4) is 0 Å². The van der Waals surface area contributed by atoms with Gasteiger partial charge in [0, 0.05) is 29.2 Å². The summed E-state index contributed by atoms with van der Waals surface area (Å²) in [4.78, 5) is 19.0. The Morgan fingerprint density at radius 3 is 2.84 bits per heavy atom. The van der Waals surface area contributed by atoms with Crippen LogP contribution in [0.25, 0.3) is 17.4 Å². The van der Waals surface area contributed by atoms with Crippen LogP contribution in [0.15, 0.2) is 55.2 Å². The van der Waals surface area contributed by atoms with Crippen molar-refractivity contribution in [2.24, 2.45) is 4.99 Å². The maximum atomic E-state index is 12.2. The van der Waals surface area contributed by atoms with Crippen molar-refractivity contribution in [3.63, 3.8) is 0 Å². The van der Waals surface area contributed by atoms with E-state index in [4.69, 9.17) is 9.15 Å². The minimum absolute atomic E-state index is 0.216. The van der Waals surface area contributed by atoms with Gasteiger partial charge in [-0.3, -0.25) is 4.79 Å². The summed E-state index contributed by atoms with van der Waals surface area (Å²) in [5.74, 6) is 1.19. The summed E-state index contributed by atoms with van der Waals surface area (Å²) in [7, 11) is 0. The Hall–Kier alpha value is -1.83. The first kappa shape index (κ1) is 16.6. The number of amides is 1. The van der Waals surface area contributed by atoms with E-state index in [1.165, 1.54) is 11.8 Å². The van der Waals surface area contributed by atoms with Gasteiger partial charge < -0.3 is 14.1 Å². The fourth-order valence-electron chi connectivity index (χ4n) is 2.64. The van der Waals surface area contributed by atoms with Crippen LogP contribution in [0.2, 0.25) is 0 Å². The standard InChI is InChI=1S/C18H15BrN2O3S/c19-13-3-1-2-12(10-13)15-5-4-14(24-15)11-16-17(22)20-18(25-16)21-6-8-23-9-7-21/h1-5,10-11H,6-9H2/b16-11+. The molecule has 0 bridgehead atoms. The zero-order valence-corrected chi connectivity index (χ0v) is 15.7. The van der Waals surface area contributed by atoms with Gasteiger partial charge in [-0.15, -0.1) is 0 Å². The number of furan rings is 1. The number of hydrogen-bond acceptors (Lipinski definition) is 5. The molecule has 2 aliphatic heterocycles. The van der Waals surface area contributed by atoms with Crippen molar-refractivity contribution in [1.82, 2.24) is 4.90 Å². The lowest BCUT2D eigenvalue weighted by atomic mass is 10.2. The molecule has 128 valence electrons. The van der Waals surface area contributed by atoms with Crippen molar-refractivity contribution in [3.05, 3.63) is 51.5 Å². The Morgan fingerprint density at radius 1 is 1.20 bits per heavy atom. The van der Waals surface area contributed by atoms with Crippen molar-refractivity contribution in [2.45, 2.75) is 0 Å². The van der Waals surface area contributed by atoms with Gasteiger partial charge in [-0.25, -0.2) is 0 Å². The molecule has 2 aliphatic rings. The van der Waals surface area contributed by atoms with Gasteiger partial charge in [0.15, 0.2) is 5.17 Å². The molecular weight excluding hydrogens is 404 g/mol. The lowest BCUT2D eigenvalue weighted by molar-refractivity contribution is -0.113. The highest BCUT2D eigenvalue weighted by Crippen LogP contribution is 2.32. The highest BCUT2D eigenvalue weighted by Gasteiger charge is 2.27. The molecule has 1 amide bonds. The van der Waals surface area contributed by atoms with Crippen molar-refractivity contribution in [2.75, 3.05) is 26.3 Å². The molecule has 0 saturated carbocycles. The number of aliphatic imine (C=N–C) groups is 1. The smallest absolute Gasteiger partial charge is 0.286 e. The zero-order valence-electron chi connectivity index (χ0n) is 13.3. The quantitative estimate of drug-likeness (QED) is 0.689. The minimum Gasteiger partial charge on any atom is -0.457 e. The van der Waals surface area contributed by atoms with E-state index < -0.39 is 0 Å². The number of carbonyl (C=O) groups excluding carboxylic acids is 1. The third-order valence-electron chi connectivity index (χ3n) is 3.90. The minimum atomic E-state index is -0.216. The molecule has 5 nitrogen and oxygen atoms in total. The molecule has 2 aromatic rings. The Kier molecular flexibility index (Phi) is 4.78. The second kappa shape index (κ2) is 7.19. The molecule has 0 aliphatic carbocycles. The highest BCUT2D eigenvalue weighted by atomic mass is 79.9. The summed E-state index contributed by atoms with van der Waals surface area (Å²) in [6, 6.07) is 11.7. The van der Waals surface area contributed by atoms with Crippen LogP contribution in [-0.2, 0) is 9.53 Å².